The molecular formula is C17H35N3O. The van der Waals surface area contributed by atoms with Crippen molar-refractivity contribution < 1.29 is 4.79 Å². The monoisotopic (exact) mass is 297 g/mol. The predicted molar refractivity (Wildman–Crippen MR) is 89.3 cm³/mol. The Labute approximate surface area is 131 Å². The fourth-order valence-electron chi connectivity index (χ4n) is 3.07. The number of nitrogens with two attached hydrogens (primary N) is 1. The molecule has 1 atom stereocenters. The second-order valence-electron chi connectivity index (χ2n) is 6.22. The van der Waals surface area contributed by atoms with Crippen molar-refractivity contribution in [1.29, 1.82) is 0 Å². The fourth-order valence-corrected chi connectivity index (χ4v) is 3.07. The van der Waals surface area contributed by atoms with Gasteiger partial charge in [0.15, 0.2) is 0 Å². The smallest absolute Gasteiger partial charge is 0.239 e. The molecule has 0 spiro atoms. The highest BCUT2D eigenvalue weighted by atomic mass is 16.2. The largest absolute Gasteiger partial charge is 0.341 e. The van der Waals surface area contributed by atoms with Crippen molar-refractivity contribution in [2.75, 3.05) is 32.7 Å². The number of hydrogen-bond acceptors (Lipinski definition) is 3. The van der Waals surface area contributed by atoms with Crippen LogP contribution in [0.15, 0.2) is 0 Å². The van der Waals surface area contributed by atoms with Crippen LogP contribution >= 0.6 is 0 Å². The highest BCUT2D eigenvalue weighted by Gasteiger charge is 2.30. The van der Waals surface area contributed by atoms with Crippen LogP contribution in [-0.2, 0) is 4.79 Å². The zero-order valence-corrected chi connectivity index (χ0v) is 14.1. The van der Waals surface area contributed by atoms with Gasteiger partial charge in [0.2, 0.25) is 5.91 Å². The van der Waals surface area contributed by atoms with Gasteiger partial charge >= 0.3 is 0 Å². The molecule has 0 saturated carbocycles. The van der Waals surface area contributed by atoms with Crippen molar-refractivity contribution in [3.8, 4) is 0 Å². The Morgan fingerprint density at radius 1 is 1.14 bits per heavy atom. The molecule has 1 amide bonds. The molecule has 0 bridgehead atoms. The summed E-state index contributed by atoms with van der Waals surface area (Å²) in [6.07, 6.45) is 9.04. The minimum Gasteiger partial charge on any atom is -0.341 e. The molecule has 0 aromatic carbocycles. The number of amides is 1. The van der Waals surface area contributed by atoms with E-state index in [1.165, 1.54) is 32.1 Å². The van der Waals surface area contributed by atoms with Crippen LogP contribution in [0.25, 0.3) is 0 Å². The van der Waals surface area contributed by atoms with Crippen LogP contribution < -0.4 is 5.73 Å². The van der Waals surface area contributed by atoms with E-state index in [-0.39, 0.29) is 6.04 Å². The van der Waals surface area contributed by atoms with Gasteiger partial charge in [-0.2, -0.15) is 0 Å². The number of hydrogen-bond donors (Lipinski definition) is 1. The molecular weight excluding hydrogens is 262 g/mol. The predicted octanol–water partition coefficient (Wildman–Crippen LogP) is 2.62. The first-order valence-corrected chi connectivity index (χ1v) is 8.97. The Morgan fingerprint density at radius 2 is 1.81 bits per heavy atom. The number of carbonyl (C=O) groups is 1. The third kappa shape index (κ3) is 6.35. The minimum atomic E-state index is 0.114. The highest BCUT2D eigenvalue weighted by Crippen LogP contribution is 2.19. The molecule has 0 aromatic heterocycles. The van der Waals surface area contributed by atoms with Crippen molar-refractivity contribution in [2.24, 2.45) is 5.73 Å². The van der Waals surface area contributed by atoms with Crippen molar-refractivity contribution in [2.45, 2.75) is 71.3 Å². The minimum absolute atomic E-state index is 0.114. The summed E-state index contributed by atoms with van der Waals surface area (Å²) in [6.45, 7) is 9.01. The molecule has 0 radical (unpaired) electrons. The first-order chi connectivity index (χ1) is 10.2. The summed E-state index contributed by atoms with van der Waals surface area (Å²) in [6, 6.07) is 0.114. The molecule has 1 aliphatic rings. The lowest BCUT2D eigenvalue weighted by Crippen LogP contribution is -2.48. The van der Waals surface area contributed by atoms with Crippen molar-refractivity contribution in [1.82, 2.24) is 9.80 Å². The third-order valence-corrected chi connectivity index (χ3v) is 4.42. The average molecular weight is 297 g/mol. The number of unbranched alkanes of at least 4 members (excludes halogenated alkanes) is 2. The molecule has 0 aliphatic carbocycles. The van der Waals surface area contributed by atoms with Crippen LogP contribution in [0.4, 0.5) is 0 Å². The molecule has 4 nitrogen and oxygen atoms in total. The molecule has 0 aromatic rings. The Balaban J connectivity index is 2.69. The Morgan fingerprint density at radius 3 is 2.38 bits per heavy atom. The summed E-state index contributed by atoms with van der Waals surface area (Å²) < 4.78 is 0. The molecule has 124 valence electrons. The summed E-state index contributed by atoms with van der Waals surface area (Å²) in [5, 5.41) is 0. The van der Waals surface area contributed by atoms with Gasteiger partial charge in [-0.3, -0.25) is 9.69 Å². The van der Waals surface area contributed by atoms with Crippen molar-refractivity contribution in [3.05, 3.63) is 0 Å². The molecule has 2 N–H and O–H groups in total. The van der Waals surface area contributed by atoms with Crippen LogP contribution in [-0.4, -0.2) is 54.5 Å². The second kappa shape index (κ2) is 11.0. The van der Waals surface area contributed by atoms with E-state index in [9.17, 15) is 4.79 Å². The number of likely N-dealkylation sites (tertiary alicyclic amines) is 1. The van der Waals surface area contributed by atoms with Gasteiger partial charge in [0.25, 0.3) is 0 Å². The maximum atomic E-state index is 12.9. The molecule has 1 rings (SSSR count). The van der Waals surface area contributed by atoms with E-state index < -0.39 is 0 Å². The van der Waals surface area contributed by atoms with Gasteiger partial charge in [-0.1, -0.05) is 26.7 Å². The van der Waals surface area contributed by atoms with Gasteiger partial charge in [-0.05, 0) is 58.2 Å². The SMILES string of the molecule is CCCCN(CCCC)C1CCCCN(CCCN)C1=O. The highest BCUT2D eigenvalue weighted by molar-refractivity contribution is 5.82. The van der Waals surface area contributed by atoms with E-state index in [1.807, 2.05) is 0 Å². The summed E-state index contributed by atoms with van der Waals surface area (Å²) in [4.78, 5) is 17.4. The number of rotatable bonds is 10. The van der Waals surface area contributed by atoms with Crippen LogP contribution in [0.3, 0.4) is 0 Å². The van der Waals surface area contributed by atoms with E-state index in [4.69, 9.17) is 5.73 Å². The van der Waals surface area contributed by atoms with Crippen LogP contribution in [0.1, 0.15) is 65.2 Å². The first kappa shape index (κ1) is 18.4. The van der Waals surface area contributed by atoms with Crippen LogP contribution in [0, 0.1) is 0 Å². The van der Waals surface area contributed by atoms with E-state index >= 15 is 0 Å². The standard InChI is InChI=1S/C17H35N3O/c1-3-5-12-19(13-6-4-2)16-10-7-8-14-20(17(16)21)15-9-11-18/h16H,3-15,18H2,1-2H3. The van der Waals surface area contributed by atoms with Crippen LogP contribution in [0.2, 0.25) is 0 Å². The van der Waals surface area contributed by atoms with Gasteiger partial charge in [0.05, 0.1) is 6.04 Å². The number of nitrogens with zero attached hydrogens (tertiary/aromatic N) is 2. The third-order valence-electron chi connectivity index (χ3n) is 4.42. The van der Waals surface area contributed by atoms with Gasteiger partial charge in [-0.25, -0.2) is 0 Å². The first-order valence-electron chi connectivity index (χ1n) is 8.97. The molecule has 1 aliphatic heterocycles. The van der Waals surface area contributed by atoms with Gasteiger partial charge in [0, 0.05) is 13.1 Å². The Kier molecular flexibility index (Phi) is 9.68. The zero-order valence-electron chi connectivity index (χ0n) is 14.1. The van der Waals surface area contributed by atoms with E-state index in [0.717, 1.165) is 45.4 Å². The molecule has 1 fully saturated rings. The summed E-state index contributed by atoms with van der Waals surface area (Å²) in [7, 11) is 0. The topological polar surface area (TPSA) is 49.6 Å². The van der Waals surface area contributed by atoms with Gasteiger partial charge in [0.1, 0.15) is 0 Å². The zero-order chi connectivity index (χ0) is 15.5. The maximum absolute atomic E-state index is 12.9. The van der Waals surface area contributed by atoms with Crippen LogP contribution in [0.5, 0.6) is 0 Å². The fraction of sp³-hybridized carbons (Fsp3) is 0.941. The maximum Gasteiger partial charge on any atom is 0.239 e. The summed E-state index contributed by atoms with van der Waals surface area (Å²) in [5.74, 6) is 0.355. The average Bonchev–Trinajstić information content (AvgIpc) is 2.68. The van der Waals surface area contributed by atoms with E-state index in [2.05, 4.69) is 23.6 Å². The molecule has 1 saturated heterocycles. The van der Waals surface area contributed by atoms with Gasteiger partial charge < -0.3 is 10.6 Å². The second-order valence-corrected chi connectivity index (χ2v) is 6.22. The normalized spacial score (nSPS) is 20.1. The Bertz CT molecular complexity index is 275. The molecule has 1 heterocycles. The lowest BCUT2D eigenvalue weighted by molar-refractivity contribution is -0.136. The quantitative estimate of drug-likeness (QED) is 0.674. The molecule has 21 heavy (non-hydrogen) atoms. The van der Waals surface area contributed by atoms with E-state index in [1.54, 1.807) is 0 Å². The van der Waals surface area contributed by atoms with Gasteiger partial charge in [-0.15, -0.1) is 0 Å². The summed E-state index contributed by atoms with van der Waals surface area (Å²) >= 11 is 0. The lowest BCUT2D eigenvalue weighted by Gasteiger charge is -2.33. The number of carbonyl (C=O) groups excluding carboxylic acids is 1. The lowest BCUT2D eigenvalue weighted by atomic mass is 10.1. The van der Waals surface area contributed by atoms with Crippen molar-refractivity contribution >= 4 is 5.91 Å². The Hall–Kier alpha value is -0.610. The molecule has 1 unspecified atom stereocenters. The summed E-state index contributed by atoms with van der Waals surface area (Å²) in [5.41, 5.74) is 5.61. The van der Waals surface area contributed by atoms with E-state index in [0.29, 0.717) is 12.5 Å². The molecule has 4 heteroatoms. The van der Waals surface area contributed by atoms with Crippen molar-refractivity contribution in [3.63, 3.8) is 0 Å².